The second kappa shape index (κ2) is 9.11. The predicted octanol–water partition coefficient (Wildman–Crippen LogP) is 2.61. The van der Waals surface area contributed by atoms with E-state index in [-0.39, 0.29) is 5.91 Å². The summed E-state index contributed by atoms with van der Waals surface area (Å²) in [6.07, 6.45) is 5.12. The highest BCUT2D eigenvalue weighted by Crippen LogP contribution is 2.24. The van der Waals surface area contributed by atoms with E-state index in [1.165, 1.54) is 32.1 Å². The fourth-order valence-corrected chi connectivity index (χ4v) is 2.72. The van der Waals surface area contributed by atoms with Crippen LogP contribution in [-0.4, -0.2) is 43.4 Å². The Labute approximate surface area is 139 Å². The average molecular weight is 328 g/mol. The van der Waals surface area contributed by atoms with Crippen molar-refractivity contribution in [1.82, 2.24) is 10.6 Å². The summed E-state index contributed by atoms with van der Waals surface area (Å²) >= 11 is 0. The van der Waals surface area contributed by atoms with Gasteiger partial charge in [-0.2, -0.15) is 0 Å². The Balaban J connectivity index is 2.54. The lowest BCUT2D eigenvalue weighted by Crippen LogP contribution is -2.53. The molecule has 6 nitrogen and oxygen atoms in total. The third-order valence-electron chi connectivity index (χ3n) is 3.99. The van der Waals surface area contributed by atoms with E-state index >= 15 is 0 Å². The van der Waals surface area contributed by atoms with Crippen LogP contribution < -0.4 is 10.6 Å². The van der Waals surface area contributed by atoms with E-state index in [4.69, 9.17) is 9.47 Å². The zero-order valence-electron chi connectivity index (χ0n) is 15.1. The van der Waals surface area contributed by atoms with Crippen molar-refractivity contribution < 1.29 is 19.1 Å². The summed E-state index contributed by atoms with van der Waals surface area (Å²) in [5.74, 6) is 0.269. The lowest BCUT2D eigenvalue weighted by atomic mass is 9.90. The maximum atomic E-state index is 12.0. The third-order valence-corrected chi connectivity index (χ3v) is 3.99. The number of likely N-dealkylation sites (N-methyl/N-ethyl adjacent to an activating group) is 1. The van der Waals surface area contributed by atoms with Crippen LogP contribution in [0.2, 0.25) is 0 Å². The van der Waals surface area contributed by atoms with Crippen LogP contribution in [0, 0.1) is 5.92 Å². The molecule has 0 heterocycles. The minimum Gasteiger partial charge on any atom is -0.444 e. The molecule has 1 fully saturated rings. The van der Waals surface area contributed by atoms with Crippen LogP contribution in [0.4, 0.5) is 4.79 Å². The molecule has 2 N–H and O–H groups in total. The number of amides is 2. The lowest BCUT2D eigenvalue weighted by Gasteiger charge is -2.28. The number of carbonyl (C=O) groups excluding carboxylic acids is 2. The van der Waals surface area contributed by atoms with Crippen molar-refractivity contribution in [2.45, 2.75) is 77.5 Å². The van der Waals surface area contributed by atoms with Crippen LogP contribution in [0.1, 0.15) is 59.8 Å². The highest BCUT2D eigenvalue weighted by molar-refractivity contribution is 5.86. The highest BCUT2D eigenvalue weighted by Gasteiger charge is 2.29. The molecule has 0 spiro atoms. The summed E-state index contributed by atoms with van der Waals surface area (Å²) in [7, 11) is 1.54. The van der Waals surface area contributed by atoms with Gasteiger partial charge in [-0.25, -0.2) is 4.79 Å². The van der Waals surface area contributed by atoms with Crippen LogP contribution in [0.3, 0.4) is 0 Å². The summed E-state index contributed by atoms with van der Waals surface area (Å²) in [4.78, 5) is 24.0. The summed E-state index contributed by atoms with van der Waals surface area (Å²) in [6.45, 7) is 7.78. The molecule has 0 aromatic carbocycles. The van der Waals surface area contributed by atoms with Gasteiger partial charge in [0.25, 0.3) is 0 Å². The van der Waals surface area contributed by atoms with Crippen molar-refractivity contribution >= 4 is 12.0 Å². The van der Waals surface area contributed by atoms with Gasteiger partial charge in [-0.1, -0.05) is 19.3 Å². The molecule has 0 radical (unpaired) electrons. The van der Waals surface area contributed by atoms with Crippen molar-refractivity contribution in [3.8, 4) is 0 Å². The molecule has 1 aliphatic rings. The predicted molar refractivity (Wildman–Crippen MR) is 89.2 cm³/mol. The largest absolute Gasteiger partial charge is 0.444 e. The first-order valence-corrected chi connectivity index (χ1v) is 8.55. The Kier molecular flexibility index (Phi) is 7.82. The molecule has 2 atom stereocenters. The van der Waals surface area contributed by atoms with E-state index in [0.29, 0.717) is 12.5 Å². The zero-order chi connectivity index (χ0) is 17.5. The molecule has 2 amide bonds. The van der Waals surface area contributed by atoms with Crippen LogP contribution in [0.25, 0.3) is 0 Å². The van der Waals surface area contributed by atoms with Gasteiger partial charge in [-0.05, 0) is 46.5 Å². The van der Waals surface area contributed by atoms with Crippen LogP contribution in [-0.2, 0) is 14.3 Å². The summed E-state index contributed by atoms with van der Waals surface area (Å²) in [5.41, 5.74) is -0.608. The fourth-order valence-electron chi connectivity index (χ4n) is 2.72. The Morgan fingerprint density at radius 1 is 1.17 bits per heavy atom. The molecule has 0 unspecified atom stereocenters. The monoisotopic (exact) mass is 328 g/mol. The smallest absolute Gasteiger partial charge is 0.408 e. The van der Waals surface area contributed by atoms with Gasteiger partial charge in [0.1, 0.15) is 11.6 Å². The number of carbonyl (C=O) groups is 2. The molecule has 1 aliphatic carbocycles. The molecule has 0 saturated heterocycles. The minimum atomic E-state index is -0.765. The van der Waals surface area contributed by atoms with Crippen LogP contribution in [0.15, 0.2) is 0 Å². The molecule has 0 aromatic heterocycles. The molecule has 0 aliphatic heterocycles. The van der Waals surface area contributed by atoms with Crippen LogP contribution in [0.5, 0.6) is 0 Å². The highest BCUT2D eigenvalue weighted by atomic mass is 16.6. The number of hydrogen-bond donors (Lipinski definition) is 2. The van der Waals surface area contributed by atoms with Gasteiger partial charge in [0.05, 0.1) is 6.10 Å². The second-order valence-electron chi connectivity index (χ2n) is 7.28. The molecular weight excluding hydrogens is 296 g/mol. The summed E-state index contributed by atoms with van der Waals surface area (Å²) < 4.78 is 11.1. The molecular formula is C17H32N2O4. The molecule has 1 saturated carbocycles. The number of alkyl carbamates (subject to hydrolysis) is 1. The Morgan fingerprint density at radius 2 is 1.78 bits per heavy atom. The van der Waals surface area contributed by atoms with Gasteiger partial charge < -0.3 is 20.1 Å². The standard InChI is InChI=1S/C17H32N2O4/c1-12(22-11-13-9-7-6-8-10-13)14(15(20)18-5)19-16(21)23-17(2,3)4/h12-14H,6-11H2,1-5H3,(H,18,20)(H,19,21)/t12-,14+/m1/s1. The first kappa shape index (κ1) is 19.7. The average Bonchev–Trinajstić information content (AvgIpc) is 2.49. The van der Waals surface area contributed by atoms with Crippen molar-refractivity contribution in [3.05, 3.63) is 0 Å². The molecule has 23 heavy (non-hydrogen) atoms. The first-order chi connectivity index (χ1) is 10.7. The Bertz CT molecular complexity index is 387. The van der Waals surface area contributed by atoms with Crippen molar-refractivity contribution in [3.63, 3.8) is 0 Å². The van der Waals surface area contributed by atoms with E-state index in [2.05, 4.69) is 10.6 Å². The van der Waals surface area contributed by atoms with Gasteiger partial charge in [-0.3, -0.25) is 4.79 Å². The van der Waals surface area contributed by atoms with Crippen molar-refractivity contribution in [1.29, 1.82) is 0 Å². The molecule has 6 heteroatoms. The molecule has 0 aromatic rings. The fraction of sp³-hybridized carbons (Fsp3) is 0.882. The van der Waals surface area contributed by atoms with E-state index in [1.54, 1.807) is 34.7 Å². The molecule has 134 valence electrons. The number of nitrogens with one attached hydrogen (secondary N) is 2. The SMILES string of the molecule is CNC(=O)[C@@H](NC(=O)OC(C)(C)C)[C@@H](C)OCC1CCCCC1. The van der Waals surface area contributed by atoms with Gasteiger partial charge in [0.15, 0.2) is 0 Å². The summed E-state index contributed by atoms with van der Waals surface area (Å²) in [5, 5.41) is 5.18. The van der Waals surface area contributed by atoms with E-state index in [1.807, 2.05) is 0 Å². The molecule has 1 rings (SSSR count). The number of hydrogen-bond acceptors (Lipinski definition) is 4. The van der Waals surface area contributed by atoms with Gasteiger partial charge in [-0.15, -0.1) is 0 Å². The minimum absolute atomic E-state index is 0.285. The Morgan fingerprint density at radius 3 is 2.30 bits per heavy atom. The van der Waals surface area contributed by atoms with Gasteiger partial charge >= 0.3 is 6.09 Å². The maximum absolute atomic E-state index is 12.0. The zero-order valence-corrected chi connectivity index (χ0v) is 15.1. The topological polar surface area (TPSA) is 76.7 Å². The lowest BCUT2D eigenvalue weighted by molar-refractivity contribution is -0.126. The van der Waals surface area contributed by atoms with E-state index in [0.717, 1.165) is 0 Å². The Hall–Kier alpha value is -1.30. The quantitative estimate of drug-likeness (QED) is 0.786. The third kappa shape index (κ3) is 7.68. The van der Waals surface area contributed by atoms with Crippen molar-refractivity contribution in [2.24, 2.45) is 5.92 Å². The second-order valence-corrected chi connectivity index (χ2v) is 7.28. The normalized spacial score (nSPS) is 18.8. The van der Waals surface area contributed by atoms with Gasteiger partial charge in [0, 0.05) is 13.7 Å². The number of rotatable bonds is 6. The van der Waals surface area contributed by atoms with Crippen molar-refractivity contribution in [2.75, 3.05) is 13.7 Å². The van der Waals surface area contributed by atoms with E-state index in [9.17, 15) is 9.59 Å². The summed E-state index contributed by atoms with van der Waals surface area (Å²) in [6, 6.07) is -0.765. The van der Waals surface area contributed by atoms with E-state index < -0.39 is 23.8 Å². The number of ether oxygens (including phenoxy) is 2. The van der Waals surface area contributed by atoms with Gasteiger partial charge in [0.2, 0.25) is 5.91 Å². The maximum Gasteiger partial charge on any atom is 0.408 e. The first-order valence-electron chi connectivity index (χ1n) is 8.55. The van der Waals surface area contributed by atoms with Crippen LogP contribution >= 0.6 is 0 Å². The molecule has 0 bridgehead atoms.